The van der Waals surface area contributed by atoms with Crippen LogP contribution in [0.25, 0.3) is 11.4 Å². The molecule has 2 aromatic carbocycles. The third-order valence-corrected chi connectivity index (χ3v) is 3.65. The van der Waals surface area contributed by atoms with Crippen LogP contribution in [0.4, 0.5) is 0 Å². The Kier molecular flexibility index (Phi) is 3.83. The van der Waals surface area contributed by atoms with Gasteiger partial charge in [-0.2, -0.15) is 0 Å². The molecule has 106 valence electrons. The average molecular weight is 297 g/mol. The first kappa shape index (κ1) is 13.6. The quantitative estimate of drug-likeness (QED) is 0.689. The van der Waals surface area contributed by atoms with E-state index in [1.54, 1.807) is 4.68 Å². The standard InChI is InChI=1S/C16H15N3OS/c1-18-15(13-8-4-2-5-9-13)17-19(16(18)21)12-20-14-10-6-3-7-11-14/h2-11H,12H2,1H3. The van der Waals surface area contributed by atoms with Gasteiger partial charge in [0.1, 0.15) is 5.75 Å². The molecule has 1 heterocycles. The second-order valence-corrected chi connectivity index (χ2v) is 4.98. The topological polar surface area (TPSA) is 32.0 Å². The van der Waals surface area contributed by atoms with Crippen molar-refractivity contribution in [3.63, 3.8) is 0 Å². The normalized spacial score (nSPS) is 10.5. The summed E-state index contributed by atoms with van der Waals surface area (Å²) in [6, 6.07) is 19.6. The fraction of sp³-hybridized carbons (Fsp3) is 0.125. The summed E-state index contributed by atoms with van der Waals surface area (Å²) in [5, 5.41) is 4.55. The molecule has 0 radical (unpaired) electrons. The van der Waals surface area contributed by atoms with Gasteiger partial charge in [0.25, 0.3) is 0 Å². The molecular formula is C16H15N3OS. The zero-order valence-electron chi connectivity index (χ0n) is 11.6. The largest absolute Gasteiger partial charge is 0.471 e. The number of ether oxygens (including phenoxy) is 1. The summed E-state index contributed by atoms with van der Waals surface area (Å²) in [4.78, 5) is 0. The number of hydrogen-bond donors (Lipinski definition) is 0. The third-order valence-electron chi connectivity index (χ3n) is 3.17. The van der Waals surface area contributed by atoms with Crippen LogP contribution in [0.5, 0.6) is 5.75 Å². The minimum Gasteiger partial charge on any atom is -0.471 e. The summed E-state index contributed by atoms with van der Waals surface area (Å²) >= 11 is 5.41. The van der Waals surface area contributed by atoms with E-state index >= 15 is 0 Å². The molecule has 3 aromatic rings. The van der Waals surface area contributed by atoms with Crippen molar-refractivity contribution in [2.45, 2.75) is 6.73 Å². The number of nitrogens with zero attached hydrogens (tertiary/aromatic N) is 3. The van der Waals surface area contributed by atoms with E-state index < -0.39 is 0 Å². The highest BCUT2D eigenvalue weighted by molar-refractivity contribution is 7.71. The molecule has 4 nitrogen and oxygen atoms in total. The molecule has 0 aliphatic rings. The molecule has 0 spiro atoms. The van der Waals surface area contributed by atoms with E-state index in [-0.39, 0.29) is 0 Å². The van der Waals surface area contributed by atoms with Crippen LogP contribution in [0.1, 0.15) is 0 Å². The lowest BCUT2D eigenvalue weighted by atomic mass is 10.2. The predicted molar refractivity (Wildman–Crippen MR) is 84.5 cm³/mol. The van der Waals surface area contributed by atoms with Gasteiger partial charge >= 0.3 is 0 Å². The smallest absolute Gasteiger partial charge is 0.200 e. The number of hydrogen-bond acceptors (Lipinski definition) is 3. The minimum atomic E-state index is 0.295. The Labute approximate surface area is 128 Å². The zero-order chi connectivity index (χ0) is 14.7. The molecule has 0 aliphatic heterocycles. The maximum atomic E-state index is 5.70. The van der Waals surface area contributed by atoms with E-state index in [0.29, 0.717) is 11.5 Å². The highest BCUT2D eigenvalue weighted by Crippen LogP contribution is 2.17. The Morgan fingerprint density at radius 2 is 1.62 bits per heavy atom. The van der Waals surface area contributed by atoms with Gasteiger partial charge in [0.15, 0.2) is 12.6 Å². The highest BCUT2D eigenvalue weighted by atomic mass is 32.1. The van der Waals surface area contributed by atoms with E-state index in [9.17, 15) is 0 Å². The fourth-order valence-corrected chi connectivity index (χ4v) is 2.24. The van der Waals surface area contributed by atoms with Gasteiger partial charge in [0.2, 0.25) is 4.77 Å². The van der Waals surface area contributed by atoms with Crippen molar-refractivity contribution in [2.75, 3.05) is 0 Å². The van der Waals surface area contributed by atoms with Crippen molar-refractivity contribution < 1.29 is 4.74 Å². The van der Waals surface area contributed by atoms with Gasteiger partial charge in [0, 0.05) is 12.6 Å². The van der Waals surface area contributed by atoms with Gasteiger partial charge in [-0.05, 0) is 24.4 Å². The molecule has 0 N–H and O–H groups in total. The van der Waals surface area contributed by atoms with Crippen LogP contribution < -0.4 is 4.74 Å². The lowest BCUT2D eigenvalue weighted by Gasteiger charge is -2.04. The van der Waals surface area contributed by atoms with Crippen molar-refractivity contribution in [1.82, 2.24) is 14.3 Å². The Balaban J connectivity index is 1.86. The van der Waals surface area contributed by atoms with Crippen LogP contribution in [0, 0.1) is 4.77 Å². The van der Waals surface area contributed by atoms with Crippen LogP contribution in [-0.2, 0) is 13.8 Å². The Hall–Kier alpha value is -2.40. The van der Waals surface area contributed by atoms with Crippen molar-refractivity contribution >= 4 is 12.2 Å². The molecule has 0 saturated carbocycles. The first-order valence-electron chi connectivity index (χ1n) is 6.63. The number of para-hydroxylation sites is 1. The van der Waals surface area contributed by atoms with Crippen LogP contribution in [-0.4, -0.2) is 14.3 Å². The van der Waals surface area contributed by atoms with Crippen LogP contribution in [0.2, 0.25) is 0 Å². The summed E-state index contributed by atoms with van der Waals surface area (Å²) in [7, 11) is 1.91. The average Bonchev–Trinajstić information content (AvgIpc) is 2.83. The van der Waals surface area contributed by atoms with Crippen LogP contribution >= 0.6 is 12.2 Å². The molecule has 0 saturated heterocycles. The monoisotopic (exact) mass is 297 g/mol. The van der Waals surface area contributed by atoms with Crippen molar-refractivity contribution in [3.05, 3.63) is 65.4 Å². The SMILES string of the molecule is Cn1c(-c2ccccc2)nn(COc2ccccc2)c1=S. The molecule has 3 rings (SSSR count). The highest BCUT2D eigenvalue weighted by Gasteiger charge is 2.09. The molecule has 0 fully saturated rings. The van der Waals surface area contributed by atoms with Gasteiger partial charge in [-0.15, -0.1) is 5.10 Å². The number of benzene rings is 2. The van der Waals surface area contributed by atoms with Gasteiger partial charge in [-0.3, -0.25) is 0 Å². The molecule has 0 bridgehead atoms. The number of aromatic nitrogens is 3. The van der Waals surface area contributed by atoms with E-state index in [4.69, 9.17) is 17.0 Å². The maximum absolute atomic E-state index is 5.70. The minimum absolute atomic E-state index is 0.295. The van der Waals surface area contributed by atoms with E-state index in [1.807, 2.05) is 72.3 Å². The van der Waals surface area contributed by atoms with Crippen molar-refractivity contribution in [3.8, 4) is 17.1 Å². The van der Waals surface area contributed by atoms with E-state index in [1.165, 1.54) is 0 Å². The summed E-state index contributed by atoms with van der Waals surface area (Å²) < 4.78 is 9.90. The molecule has 0 atom stereocenters. The first-order chi connectivity index (χ1) is 10.3. The first-order valence-corrected chi connectivity index (χ1v) is 7.03. The molecule has 0 amide bonds. The van der Waals surface area contributed by atoms with Crippen LogP contribution in [0.3, 0.4) is 0 Å². The van der Waals surface area contributed by atoms with Crippen molar-refractivity contribution in [1.29, 1.82) is 0 Å². The van der Waals surface area contributed by atoms with Gasteiger partial charge < -0.3 is 9.30 Å². The molecule has 0 aliphatic carbocycles. The predicted octanol–water partition coefficient (Wildman–Crippen LogP) is 3.65. The molecule has 21 heavy (non-hydrogen) atoms. The summed E-state index contributed by atoms with van der Waals surface area (Å²) in [5.41, 5.74) is 1.03. The van der Waals surface area contributed by atoms with Crippen LogP contribution in [0.15, 0.2) is 60.7 Å². The maximum Gasteiger partial charge on any atom is 0.200 e. The Bertz CT molecular complexity index is 778. The zero-order valence-corrected chi connectivity index (χ0v) is 12.5. The van der Waals surface area contributed by atoms with E-state index in [2.05, 4.69) is 5.10 Å². The molecular weight excluding hydrogens is 282 g/mol. The summed E-state index contributed by atoms with van der Waals surface area (Å²) in [6.45, 7) is 0.295. The molecule has 1 aromatic heterocycles. The lowest BCUT2D eigenvalue weighted by Crippen LogP contribution is -2.07. The second-order valence-electron chi connectivity index (χ2n) is 4.62. The van der Waals surface area contributed by atoms with E-state index in [0.717, 1.165) is 17.1 Å². The Morgan fingerprint density at radius 1 is 1.00 bits per heavy atom. The fourth-order valence-electron chi connectivity index (χ4n) is 2.06. The summed E-state index contributed by atoms with van der Waals surface area (Å²) in [5.74, 6) is 1.63. The third kappa shape index (κ3) is 2.87. The molecule has 0 unspecified atom stereocenters. The second kappa shape index (κ2) is 5.93. The lowest BCUT2D eigenvalue weighted by molar-refractivity contribution is 0.218. The van der Waals surface area contributed by atoms with Gasteiger partial charge in [0.05, 0.1) is 0 Å². The van der Waals surface area contributed by atoms with Gasteiger partial charge in [-0.1, -0.05) is 48.5 Å². The van der Waals surface area contributed by atoms with Crippen molar-refractivity contribution in [2.24, 2.45) is 7.05 Å². The molecule has 5 heteroatoms. The number of rotatable bonds is 4. The summed E-state index contributed by atoms with van der Waals surface area (Å²) in [6.07, 6.45) is 0. The van der Waals surface area contributed by atoms with Gasteiger partial charge in [-0.25, -0.2) is 4.68 Å². The Morgan fingerprint density at radius 3 is 2.29 bits per heavy atom.